The molecular formula is C16H24IN3O3. The maximum absolute atomic E-state index is 10.0. The second-order valence-electron chi connectivity index (χ2n) is 5.07. The molecule has 0 spiro atoms. The van der Waals surface area contributed by atoms with Gasteiger partial charge in [-0.15, -0.1) is 24.0 Å². The number of aliphatic hydroxyl groups excluding tert-OH is 1. The lowest BCUT2D eigenvalue weighted by Gasteiger charge is -2.16. The van der Waals surface area contributed by atoms with E-state index in [1.54, 1.807) is 12.1 Å². The Morgan fingerprint density at radius 3 is 2.65 bits per heavy atom. The summed E-state index contributed by atoms with van der Waals surface area (Å²) < 4.78 is 10.8. The highest BCUT2D eigenvalue weighted by molar-refractivity contribution is 14.0. The van der Waals surface area contributed by atoms with Gasteiger partial charge in [-0.1, -0.05) is 0 Å². The number of rotatable bonds is 6. The first kappa shape index (κ1) is 19.6. The SMILES string of the molecule is CCNC(=NCC(O)c1ccco1)NC(C)c1ccc(C)o1.I. The first-order chi connectivity index (χ1) is 10.6. The minimum absolute atomic E-state index is 0. The topological polar surface area (TPSA) is 82.9 Å². The molecule has 0 aromatic carbocycles. The van der Waals surface area contributed by atoms with E-state index in [9.17, 15) is 5.11 Å². The average molecular weight is 433 g/mol. The molecule has 0 saturated carbocycles. The smallest absolute Gasteiger partial charge is 0.191 e. The van der Waals surface area contributed by atoms with Gasteiger partial charge in [0.15, 0.2) is 5.96 Å². The van der Waals surface area contributed by atoms with Gasteiger partial charge in [0.2, 0.25) is 0 Å². The molecule has 128 valence electrons. The largest absolute Gasteiger partial charge is 0.467 e. The number of aliphatic hydroxyl groups is 1. The molecular weight excluding hydrogens is 409 g/mol. The molecule has 2 unspecified atom stereocenters. The Balaban J connectivity index is 0.00000264. The summed E-state index contributed by atoms with van der Waals surface area (Å²) in [5.74, 6) is 2.84. The second-order valence-corrected chi connectivity index (χ2v) is 5.07. The summed E-state index contributed by atoms with van der Waals surface area (Å²) in [6, 6.07) is 7.32. The van der Waals surface area contributed by atoms with Gasteiger partial charge in [0.05, 0.1) is 18.8 Å². The predicted molar refractivity (Wildman–Crippen MR) is 100 cm³/mol. The third-order valence-corrected chi connectivity index (χ3v) is 3.18. The molecule has 0 radical (unpaired) electrons. The summed E-state index contributed by atoms with van der Waals surface area (Å²) in [6.45, 7) is 6.84. The Labute approximate surface area is 153 Å². The Hall–Kier alpha value is -1.48. The van der Waals surface area contributed by atoms with Crippen LogP contribution in [0.5, 0.6) is 0 Å². The van der Waals surface area contributed by atoms with Crippen molar-refractivity contribution in [1.82, 2.24) is 10.6 Å². The van der Waals surface area contributed by atoms with Crippen molar-refractivity contribution in [3.63, 3.8) is 0 Å². The molecule has 0 aliphatic rings. The number of halogens is 1. The van der Waals surface area contributed by atoms with E-state index in [-0.39, 0.29) is 36.6 Å². The average Bonchev–Trinajstić information content (AvgIpc) is 3.15. The number of hydrogen-bond acceptors (Lipinski definition) is 4. The Morgan fingerprint density at radius 1 is 1.30 bits per heavy atom. The van der Waals surface area contributed by atoms with E-state index in [2.05, 4.69) is 15.6 Å². The van der Waals surface area contributed by atoms with E-state index >= 15 is 0 Å². The zero-order chi connectivity index (χ0) is 15.9. The van der Waals surface area contributed by atoms with Crippen LogP contribution >= 0.6 is 24.0 Å². The molecule has 0 aliphatic heterocycles. The molecule has 0 fully saturated rings. The molecule has 0 aliphatic carbocycles. The highest BCUT2D eigenvalue weighted by Crippen LogP contribution is 2.16. The van der Waals surface area contributed by atoms with Crippen LogP contribution in [0.25, 0.3) is 0 Å². The fourth-order valence-electron chi connectivity index (χ4n) is 2.03. The van der Waals surface area contributed by atoms with E-state index in [0.717, 1.165) is 18.1 Å². The number of nitrogens with one attached hydrogen (secondary N) is 2. The molecule has 2 aromatic heterocycles. The molecule has 2 atom stereocenters. The standard InChI is InChI=1S/C16H23N3O3.HI/c1-4-17-16(18-10-13(20)15-6-5-9-21-15)19-12(3)14-8-7-11(2)22-14;/h5-9,12-13,20H,4,10H2,1-3H3,(H2,17,18,19);1H. The molecule has 23 heavy (non-hydrogen) atoms. The molecule has 6 nitrogen and oxygen atoms in total. The zero-order valence-corrected chi connectivity index (χ0v) is 15.9. The first-order valence-corrected chi connectivity index (χ1v) is 7.42. The van der Waals surface area contributed by atoms with Gasteiger partial charge in [0.1, 0.15) is 23.4 Å². The van der Waals surface area contributed by atoms with E-state index in [4.69, 9.17) is 8.83 Å². The number of guanidine groups is 1. The normalized spacial score (nSPS) is 14.0. The maximum atomic E-state index is 10.0. The van der Waals surface area contributed by atoms with Crippen LogP contribution in [0.1, 0.15) is 43.3 Å². The summed E-state index contributed by atoms with van der Waals surface area (Å²) in [6.07, 6.45) is 0.777. The van der Waals surface area contributed by atoms with Crippen LogP contribution in [0, 0.1) is 6.92 Å². The van der Waals surface area contributed by atoms with Crippen molar-refractivity contribution in [3.05, 3.63) is 47.8 Å². The highest BCUT2D eigenvalue weighted by atomic mass is 127. The molecule has 0 amide bonds. The van der Waals surface area contributed by atoms with E-state index in [1.807, 2.05) is 32.9 Å². The lowest BCUT2D eigenvalue weighted by Crippen LogP contribution is -2.39. The van der Waals surface area contributed by atoms with Crippen LogP contribution in [0.4, 0.5) is 0 Å². The van der Waals surface area contributed by atoms with Gasteiger partial charge < -0.3 is 24.6 Å². The fourth-order valence-corrected chi connectivity index (χ4v) is 2.03. The van der Waals surface area contributed by atoms with Crippen molar-refractivity contribution in [2.45, 2.75) is 32.9 Å². The molecule has 2 heterocycles. The Bertz CT molecular complexity index is 595. The van der Waals surface area contributed by atoms with Gasteiger partial charge >= 0.3 is 0 Å². The van der Waals surface area contributed by atoms with Gasteiger partial charge in [-0.2, -0.15) is 0 Å². The van der Waals surface area contributed by atoms with E-state index in [0.29, 0.717) is 11.7 Å². The molecule has 0 saturated heterocycles. The third-order valence-electron chi connectivity index (χ3n) is 3.18. The minimum Gasteiger partial charge on any atom is -0.467 e. The van der Waals surface area contributed by atoms with Crippen LogP contribution in [0.3, 0.4) is 0 Å². The van der Waals surface area contributed by atoms with Crippen LogP contribution in [0.15, 0.2) is 44.4 Å². The summed E-state index contributed by atoms with van der Waals surface area (Å²) in [7, 11) is 0. The first-order valence-electron chi connectivity index (χ1n) is 7.42. The summed E-state index contributed by atoms with van der Waals surface area (Å²) in [4.78, 5) is 4.38. The fraction of sp³-hybridized carbons (Fsp3) is 0.438. The number of aryl methyl sites for hydroxylation is 1. The minimum atomic E-state index is -0.758. The van der Waals surface area contributed by atoms with Crippen molar-refractivity contribution in [3.8, 4) is 0 Å². The van der Waals surface area contributed by atoms with Crippen LogP contribution in [-0.2, 0) is 0 Å². The van der Waals surface area contributed by atoms with Crippen LogP contribution < -0.4 is 10.6 Å². The van der Waals surface area contributed by atoms with Crippen molar-refractivity contribution in [1.29, 1.82) is 0 Å². The number of hydrogen-bond donors (Lipinski definition) is 3. The third kappa shape index (κ3) is 5.91. The zero-order valence-electron chi connectivity index (χ0n) is 13.6. The van der Waals surface area contributed by atoms with Gasteiger partial charge in [-0.05, 0) is 45.0 Å². The second kappa shape index (κ2) is 9.61. The number of aliphatic imine (C=N–C) groups is 1. The maximum Gasteiger partial charge on any atom is 0.191 e. The summed E-state index contributed by atoms with van der Waals surface area (Å²) >= 11 is 0. The Kier molecular flexibility index (Phi) is 8.18. The van der Waals surface area contributed by atoms with Gasteiger partial charge in [0, 0.05) is 6.54 Å². The Morgan fingerprint density at radius 2 is 2.09 bits per heavy atom. The van der Waals surface area contributed by atoms with E-state index in [1.165, 1.54) is 6.26 Å². The predicted octanol–water partition coefficient (Wildman–Crippen LogP) is 3.15. The monoisotopic (exact) mass is 433 g/mol. The molecule has 2 aromatic rings. The summed E-state index contributed by atoms with van der Waals surface area (Å²) in [5, 5.41) is 16.4. The molecule has 0 bridgehead atoms. The molecule has 7 heteroatoms. The lowest BCUT2D eigenvalue weighted by atomic mass is 10.2. The van der Waals surface area contributed by atoms with Crippen molar-refractivity contribution in [2.75, 3.05) is 13.1 Å². The van der Waals surface area contributed by atoms with Gasteiger partial charge in [-0.3, -0.25) is 4.99 Å². The van der Waals surface area contributed by atoms with E-state index < -0.39 is 6.10 Å². The number of nitrogens with zero attached hydrogens (tertiary/aromatic N) is 1. The number of furan rings is 2. The lowest BCUT2D eigenvalue weighted by molar-refractivity contribution is 0.158. The van der Waals surface area contributed by atoms with Gasteiger partial charge in [-0.25, -0.2) is 0 Å². The van der Waals surface area contributed by atoms with Gasteiger partial charge in [0.25, 0.3) is 0 Å². The molecule has 2 rings (SSSR count). The van der Waals surface area contributed by atoms with Crippen molar-refractivity contribution in [2.24, 2.45) is 4.99 Å². The van der Waals surface area contributed by atoms with Crippen molar-refractivity contribution < 1.29 is 13.9 Å². The van der Waals surface area contributed by atoms with Crippen molar-refractivity contribution >= 4 is 29.9 Å². The van der Waals surface area contributed by atoms with Crippen LogP contribution in [0.2, 0.25) is 0 Å². The quantitative estimate of drug-likeness (QED) is 0.371. The highest BCUT2D eigenvalue weighted by Gasteiger charge is 2.13. The summed E-state index contributed by atoms with van der Waals surface area (Å²) in [5.41, 5.74) is 0. The van der Waals surface area contributed by atoms with Crippen LogP contribution in [-0.4, -0.2) is 24.2 Å². The molecule has 3 N–H and O–H groups in total.